The SMILES string of the molecule is CCc1ccc(NC(=O)[C@@H](C#N)C(=O)c2ccc(C)s2)cc1. The van der Waals surface area contributed by atoms with Crippen molar-refractivity contribution in [2.45, 2.75) is 20.3 Å². The first-order valence-electron chi connectivity index (χ1n) is 6.95. The van der Waals surface area contributed by atoms with Gasteiger partial charge in [-0.15, -0.1) is 11.3 Å². The third kappa shape index (κ3) is 3.60. The smallest absolute Gasteiger partial charge is 0.249 e. The highest BCUT2D eigenvalue weighted by Crippen LogP contribution is 2.20. The minimum absolute atomic E-state index is 0.431. The van der Waals surface area contributed by atoms with E-state index >= 15 is 0 Å². The number of rotatable bonds is 5. The molecular weight excluding hydrogens is 296 g/mol. The maximum absolute atomic E-state index is 12.2. The van der Waals surface area contributed by atoms with Crippen LogP contribution in [0.1, 0.15) is 27.0 Å². The first-order chi connectivity index (χ1) is 10.5. The van der Waals surface area contributed by atoms with E-state index in [0.29, 0.717) is 10.6 Å². The zero-order valence-corrected chi connectivity index (χ0v) is 13.2. The Morgan fingerprint density at radius 3 is 2.41 bits per heavy atom. The second-order valence-corrected chi connectivity index (χ2v) is 6.16. The Bertz CT molecular complexity index is 726. The topological polar surface area (TPSA) is 70.0 Å². The molecule has 2 aromatic rings. The number of benzene rings is 1. The number of carbonyl (C=O) groups is 2. The van der Waals surface area contributed by atoms with Crippen LogP contribution in [0.4, 0.5) is 5.69 Å². The van der Waals surface area contributed by atoms with Gasteiger partial charge in [-0.05, 0) is 43.2 Å². The van der Waals surface area contributed by atoms with Crippen molar-refractivity contribution >= 4 is 28.7 Å². The van der Waals surface area contributed by atoms with Gasteiger partial charge in [0.1, 0.15) is 0 Å². The van der Waals surface area contributed by atoms with Crippen LogP contribution < -0.4 is 5.32 Å². The van der Waals surface area contributed by atoms with Gasteiger partial charge in [-0.25, -0.2) is 0 Å². The van der Waals surface area contributed by atoms with E-state index in [0.717, 1.165) is 16.9 Å². The number of nitrogens with zero attached hydrogens (tertiary/aromatic N) is 1. The number of nitrogens with one attached hydrogen (secondary N) is 1. The summed E-state index contributed by atoms with van der Waals surface area (Å²) < 4.78 is 0. The van der Waals surface area contributed by atoms with Crippen molar-refractivity contribution in [1.29, 1.82) is 5.26 Å². The molecule has 112 valence electrons. The van der Waals surface area contributed by atoms with E-state index in [1.165, 1.54) is 11.3 Å². The van der Waals surface area contributed by atoms with Crippen molar-refractivity contribution in [3.63, 3.8) is 0 Å². The zero-order valence-electron chi connectivity index (χ0n) is 12.4. The number of thiophene rings is 1. The molecule has 0 saturated heterocycles. The summed E-state index contributed by atoms with van der Waals surface area (Å²) in [7, 11) is 0. The summed E-state index contributed by atoms with van der Waals surface area (Å²) in [5.41, 5.74) is 1.73. The number of Topliss-reactive ketones (excluding diaryl/α,β-unsaturated/α-hetero) is 1. The molecule has 1 amide bonds. The Labute approximate surface area is 133 Å². The van der Waals surface area contributed by atoms with Gasteiger partial charge in [0.15, 0.2) is 11.7 Å². The van der Waals surface area contributed by atoms with E-state index in [-0.39, 0.29) is 0 Å². The summed E-state index contributed by atoms with van der Waals surface area (Å²) in [4.78, 5) is 25.8. The molecule has 1 aromatic carbocycles. The number of aryl methyl sites for hydroxylation is 2. The van der Waals surface area contributed by atoms with Crippen LogP contribution in [-0.2, 0) is 11.2 Å². The molecule has 1 atom stereocenters. The molecular formula is C17H16N2O2S. The van der Waals surface area contributed by atoms with E-state index in [2.05, 4.69) is 5.32 Å². The van der Waals surface area contributed by atoms with Crippen LogP contribution in [0.25, 0.3) is 0 Å². The minimum atomic E-state index is -1.33. The highest BCUT2D eigenvalue weighted by molar-refractivity contribution is 7.14. The number of hydrogen-bond acceptors (Lipinski definition) is 4. The number of hydrogen-bond donors (Lipinski definition) is 1. The molecule has 0 aliphatic rings. The second-order valence-electron chi connectivity index (χ2n) is 4.88. The highest BCUT2D eigenvalue weighted by Gasteiger charge is 2.28. The first kappa shape index (κ1) is 15.9. The van der Waals surface area contributed by atoms with Crippen molar-refractivity contribution < 1.29 is 9.59 Å². The van der Waals surface area contributed by atoms with Gasteiger partial charge in [0.25, 0.3) is 0 Å². The molecule has 0 saturated carbocycles. The van der Waals surface area contributed by atoms with Crippen LogP contribution in [-0.4, -0.2) is 11.7 Å². The standard InChI is InChI=1S/C17H16N2O2S/c1-3-12-5-7-13(8-6-12)19-17(21)14(10-18)16(20)15-9-4-11(2)22-15/h4-9,14H,3H2,1-2H3,(H,19,21)/t14-/m0/s1. The van der Waals surface area contributed by atoms with Gasteiger partial charge in [0.2, 0.25) is 5.91 Å². The number of anilines is 1. The summed E-state index contributed by atoms with van der Waals surface area (Å²) in [5.74, 6) is -2.38. The lowest BCUT2D eigenvalue weighted by atomic mass is 10.0. The van der Waals surface area contributed by atoms with Gasteiger partial charge in [-0.3, -0.25) is 9.59 Å². The van der Waals surface area contributed by atoms with Crippen molar-refractivity contribution in [3.05, 3.63) is 51.7 Å². The molecule has 2 rings (SSSR count). The lowest BCUT2D eigenvalue weighted by Crippen LogP contribution is -2.28. The average molecular weight is 312 g/mol. The molecule has 0 bridgehead atoms. The summed E-state index contributed by atoms with van der Waals surface area (Å²) in [6, 6.07) is 12.6. The molecule has 0 aliphatic carbocycles. The minimum Gasteiger partial charge on any atom is -0.325 e. The first-order valence-corrected chi connectivity index (χ1v) is 7.77. The van der Waals surface area contributed by atoms with E-state index in [1.54, 1.807) is 30.3 Å². The van der Waals surface area contributed by atoms with Crippen LogP contribution in [0.5, 0.6) is 0 Å². The molecule has 22 heavy (non-hydrogen) atoms. The van der Waals surface area contributed by atoms with Crippen molar-refractivity contribution in [1.82, 2.24) is 0 Å². The van der Waals surface area contributed by atoms with E-state index in [1.807, 2.05) is 26.0 Å². The van der Waals surface area contributed by atoms with Crippen LogP contribution >= 0.6 is 11.3 Å². The van der Waals surface area contributed by atoms with Gasteiger partial charge in [0.05, 0.1) is 10.9 Å². The van der Waals surface area contributed by atoms with E-state index < -0.39 is 17.6 Å². The van der Waals surface area contributed by atoms with Crippen molar-refractivity contribution in [3.8, 4) is 6.07 Å². The van der Waals surface area contributed by atoms with Crippen LogP contribution in [0.15, 0.2) is 36.4 Å². The monoisotopic (exact) mass is 312 g/mol. The number of ketones is 1. The normalized spacial score (nSPS) is 11.5. The number of carbonyl (C=O) groups excluding carboxylic acids is 2. The maximum Gasteiger partial charge on any atom is 0.249 e. The summed E-state index contributed by atoms with van der Waals surface area (Å²) in [6.45, 7) is 3.92. The Balaban J connectivity index is 2.11. The zero-order chi connectivity index (χ0) is 16.1. The maximum atomic E-state index is 12.2. The fraction of sp³-hybridized carbons (Fsp3) is 0.235. The second kappa shape index (κ2) is 7.01. The summed E-state index contributed by atoms with van der Waals surface area (Å²) >= 11 is 1.29. The lowest BCUT2D eigenvalue weighted by Gasteiger charge is -2.09. The lowest BCUT2D eigenvalue weighted by molar-refractivity contribution is -0.117. The third-order valence-electron chi connectivity index (χ3n) is 3.27. The molecule has 1 heterocycles. The Morgan fingerprint density at radius 1 is 1.23 bits per heavy atom. The number of amides is 1. The largest absolute Gasteiger partial charge is 0.325 e. The fourth-order valence-electron chi connectivity index (χ4n) is 1.98. The Kier molecular flexibility index (Phi) is 5.08. The van der Waals surface area contributed by atoms with Crippen LogP contribution in [0, 0.1) is 24.2 Å². The third-order valence-corrected chi connectivity index (χ3v) is 4.28. The summed E-state index contributed by atoms with van der Waals surface area (Å²) in [6.07, 6.45) is 0.908. The molecule has 4 nitrogen and oxygen atoms in total. The Hall–Kier alpha value is -2.45. The molecule has 0 spiro atoms. The van der Waals surface area contributed by atoms with Gasteiger partial charge >= 0.3 is 0 Å². The average Bonchev–Trinajstić information content (AvgIpc) is 2.95. The van der Waals surface area contributed by atoms with Crippen LogP contribution in [0.2, 0.25) is 0 Å². The molecule has 0 radical (unpaired) electrons. The Morgan fingerprint density at radius 2 is 1.91 bits per heavy atom. The quantitative estimate of drug-likeness (QED) is 0.677. The van der Waals surface area contributed by atoms with Gasteiger partial charge in [-0.1, -0.05) is 19.1 Å². The molecule has 0 unspecified atom stereocenters. The molecule has 1 aromatic heterocycles. The molecule has 0 fully saturated rings. The molecule has 5 heteroatoms. The van der Waals surface area contributed by atoms with Crippen LogP contribution in [0.3, 0.4) is 0 Å². The highest BCUT2D eigenvalue weighted by atomic mass is 32.1. The number of nitriles is 1. The van der Waals surface area contributed by atoms with E-state index in [9.17, 15) is 9.59 Å². The van der Waals surface area contributed by atoms with Gasteiger partial charge in [-0.2, -0.15) is 5.26 Å². The van der Waals surface area contributed by atoms with Crippen molar-refractivity contribution in [2.24, 2.45) is 5.92 Å². The molecule has 1 N–H and O–H groups in total. The summed E-state index contributed by atoms with van der Waals surface area (Å²) in [5, 5.41) is 11.8. The predicted octanol–water partition coefficient (Wildman–Crippen LogP) is 3.58. The molecule has 0 aliphatic heterocycles. The van der Waals surface area contributed by atoms with E-state index in [4.69, 9.17) is 5.26 Å². The fourth-order valence-corrected chi connectivity index (χ4v) is 2.82. The van der Waals surface area contributed by atoms with Crippen molar-refractivity contribution in [2.75, 3.05) is 5.32 Å². The van der Waals surface area contributed by atoms with Gasteiger partial charge < -0.3 is 5.32 Å². The predicted molar refractivity (Wildman–Crippen MR) is 86.9 cm³/mol. The van der Waals surface area contributed by atoms with Gasteiger partial charge in [0, 0.05) is 10.6 Å².